The fraction of sp³-hybridized carbons (Fsp3) is 0.900. The van der Waals surface area contributed by atoms with Crippen LogP contribution in [0, 0.1) is 16.7 Å². The first-order valence-corrected chi connectivity index (χ1v) is 6.96. The Labute approximate surface area is 86.2 Å². The number of hydrogen-bond acceptors (Lipinski definition) is 1. The number of rotatable bonds is 1. The van der Waals surface area contributed by atoms with E-state index in [4.69, 9.17) is 0 Å². The summed E-state index contributed by atoms with van der Waals surface area (Å²) >= 11 is 1.38. The molecule has 0 amide bonds. The first-order valence-electron chi connectivity index (χ1n) is 4.69. The van der Waals surface area contributed by atoms with Crippen molar-refractivity contribution in [1.29, 1.82) is 0 Å². The van der Waals surface area contributed by atoms with E-state index < -0.39 is 0 Å². The van der Waals surface area contributed by atoms with Gasteiger partial charge >= 0.3 is 86.1 Å². The molecule has 2 heteroatoms. The summed E-state index contributed by atoms with van der Waals surface area (Å²) in [6.07, 6.45) is 3.36. The van der Waals surface area contributed by atoms with Gasteiger partial charge in [0, 0.05) is 0 Å². The molecule has 0 aromatic carbocycles. The van der Waals surface area contributed by atoms with Gasteiger partial charge in [-0.05, 0) is 0 Å². The Bertz CT molecular complexity index is 234. The standard InChI is InChI=1S/C10H15O.Ta/c1-9(2)7-4-5-10(9,3)8(11)6-7;/h7H,3-6H2,1-2H3;. The van der Waals surface area contributed by atoms with E-state index in [-0.39, 0.29) is 5.41 Å². The fourth-order valence-electron chi connectivity index (χ4n) is 3.14. The van der Waals surface area contributed by atoms with Gasteiger partial charge in [-0.25, -0.2) is 0 Å². The summed E-state index contributed by atoms with van der Waals surface area (Å²) < 4.78 is 1.16. The molecule has 2 aliphatic carbocycles. The molecule has 2 fully saturated rings. The van der Waals surface area contributed by atoms with Crippen LogP contribution in [0.5, 0.6) is 0 Å². The van der Waals surface area contributed by atoms with Gasteiger partial charge in [-0.1, -0.05) is 0 Å². The molecular formula is C10H15OTa. The van der Waals surface area contributed by atoms with E-state index in [0.717, 1.165) is 11.1 Å². The molecule has 66 valence electrons. The van der Waals surface area contributed by atoms with Crippen molar-refractivity contribution in [1.82, 2.24) is 0 Å². The van der Waals surface area contributed by atoms with Crippen molar-refractivity contribution in [3.05, 3.63) is 0 Å². The fourth-order valence-corrected chi connectivity index (χ4v) is 5.81. The van der Waals surface area contributed by atoms with Gasteiger partial charge in [-0.3, -0.25) is 0 Å². The third-order valence-electron chi connectivity index (χ3n) is 4.41. The summed E-state index contributed by atoms with van der Waals surface area (Å²) in [4.78, 5) is 11.8. The molecule has 0 N–H and O–H groups in total. The molecule has 0 aromatic rings. The van der Waals surface area contributed by atoms with Crippen LogP contribution in [0.3, 0.4) is 0 Å². The molecule has 0 saturated heterocycles. The Kier molecular flexibility index (Phi) is 1.84. The molecule has 0 aliphatic heterocycles. The molecule has 0 aromatic heterocycles. The van der Waals surface area contributed by atoms with Crippen LogP contribution in [0.2, 0.25) is 4.64 Å². The molecule has 2 unspecified atom stereocenters. The molecule has 2 saturated carbocycles. The Morgan fingerprint density at radius 2 is 2.25 bits per heavy atom. The first kappa shape index (κ1) is 8.98. The van der Waals surface area contributed by atoms with E-state index in [1.54, 1.807) is 0 Å². The summed E-state index contributed by atoms with van der Waals surface area (Å²) in [5, 5.41) is 0. The van der Waals surface area contributed by atoms with Crippen LogP contribution in [0.1, 0.15) is 33.1 Å². The van der Waals surface area contributed by atoms with Gasteiger partial charge in [0.25, 0.3) is 0 Å². The SMILES string of the molecule is CC1(C)C2CCC1([CH2][Ta])C(=O)C2. The van der Waals surface area contributed by atoms with Crippen molar-refractivity contribution in [2.24, 2.45) is 16.7 Å². The maximum atomic E-state index is 11.8. The van der Waals surface area contributed by atoms with Crippen LogP contribution < -0.4 is 0 Å². The topological polar surface area (TPSA) is 17.1 Å². The second-order valence-electron chi connectivity index (χ2n) is 4.82. The molecule has 2 bridgehead atoms. The van der Waals surface area contributed by atoms with Crippen LogP contribution in [-0.4, -0.2) is 5.78 Å². The van der Waals surface area contributed by atoms with Crippen LogP contribution >= 0.6 is 0 Å². The average molecular weight is 332 g/mol. The summed E-state index contributed by atoms with van der Waals surface area (Å²) in [5.41, 5.74) is 0.435. The minimum atomic E-state index is 0.117. The molecule has 1 nitrogen and oxygen atoms in total. The number of carbonyl (C=O) groups excluding carboxylic acids is 1. The molecule has 0 heterocycles. The molecule has 0 spiro atoms. The third kappa shape index (κ3) is 0.779. The van der Waals surface area contributed by atoms with Gasteiger partial charge in [0.1, 0.15) is 0 Å². The van der Waals surface area contributed by atoms with Gasteiger partial charge in [-0.15, -0.1) is 0 Å². The predicted octanol–water partition coefficient (Wildman–Crippen LogP) is 2.35. The number of ketones is 1. The van der Waals surface area contributed by atoms with Crippen molar-refractivity contribution in [2.75, 3.05) is 0 Å². The van der Waals surface area contributed by atoms with Crippen molar-refractivity contribution in [3.8, 4) is 0 Å². The van der Waals surface area contributed by atoms with Gasteiger partial charge in [0.05, 0.1) is 0 Å². The number of Topliss-reactive ketones (excluding diaryl/α,β-unsaturated/α-hetero) is 1. The van der Waals surface area contributed by atoms with E-state index in [1.807, 2.05) is 0 Å². The predicted molar refractivity (Wildman–Crippen MR) is 43.4 cm³/mol. The monoisotopic (exact) mass is 332 g/mol. The van der Waals surface area contributed by atoms with Crippen LogP contribution in [0.4, 0.5) is 0 Å². The Hall–Kier alpha value is 0.410. The van der Waals surface area contributed by atoms with Crippen molar-refractivity contribution < 1.29 is 25.9 Å². The minimum absolute atomic E-state index is 0.117. The maximum absolute atomic E-state index is 11.8. The number of hydrogen-bond donors (Lipinski definition) is 0. The number of carbonyl (C=O) groups is 1. The van der Waals surface area contributed by atoms with Crippen molar-refractivity contribution in [2.45, 2.75) is 37.7 Å². The van der Waals surface area contributed by atoms with E-state index in [9.17, 15) is 4.79 Å². The molecular weight excluding hydrogens is 317 g/mol. The quantitative estimate of drug-likeness (QED) is 0.720. The zero-order chi connectivity index (χ0) is 8.98. The Balaban J connectivity index is 2.46. The normalized spacial score (nSPS) is 43.8. The molecule has 2 rings (SSSR count). The Morgan fingerprint density at radius 3 is 2.50 bits per heavy atom. The van der Waals surface area contributed by atoms with Gasteiger partial charge in [-0.2, -0.15) is 0 Å². The zero-order valence-electron chi connectivity index (χ0n) is 7.76. The van der Waals surface area contributed by atoms with E-state index >= 15 is 0 Å². The summed E-state index contributed by atoms with van der Waals surface area (Å²) in [6, 6.07) is 0. The van der Waals surface area contributed by atoms with Gasteiger partial charge in [0.15, 0.2) is 0 Å². The molecule has 2 aliphatic rings. The van der Waals surface area contributed by atoms with Gasteiger partial charge in [0.2, 0.25) is 0 Å². The zero-order valence-corrected chi connectivity index (χ0v) is 11.0. The second kappa shape index (κ2) is 2.46. The van der Waals surface area contributed by atoms with Gasteiger partial charge < -0.3 is 0 Å². The van der Waals surface area contributed by atoms with Crippen molar-refractivity contribution >= 4 is 5.78 Å². The first-order chi connectivity index (χ1) is 5.54. The second-order valence-corrected chi connectivity index (χ2v) is 5.96. The van der Waals surface area contributed by atoms with Crippen molar-refractivity contribution in [3.63, 3.8) is 0 Å². The molecule has 12 heavy (non-hydrogen) atoms. The van der Waals surface area contributed by atoms with Crippen LogP contribution in [-0.2, 0) is 25.9 Å². The van der Waals surface area contributed by atoms with E-state index in [1.165, 1.54) is 33.9 Å². The molecule has 0 radical (unpaired) electrons. The molecule has 2 atom stereocenters. The van der Waals surface area contributed by atoms with E-state index in [2.05, 4.69) is 13.8 Å². The van der Waals surface area contributed by atoms with Crippen LogP contribution in [0.15, 0.2) is 0 Å². The Morgan fingerprint density at radius 1 is 1.58 bits per heavy atom. The number of fused-ring (bicyclic) bond motifs is 2. The van der Waals surface area contributed by atoms with E-state index in [0.29, 0.717) is 17.1 Å². The summed E-state index contributed by atoms with van der Waals surface area (Å²) in [7, 11) is 0. The third-order valence-corrected chi connectivity index (χ3v) is 6.35. The summed E-state index contributed by atoms with van der Waals surface area (Å²) in [5.74, 6) is 1.28. The van der Waals surface area contributed by atoms with Crippen LogP contribution in [0.25, 0.3) is 0 Å². The summed E-state index contributed by atoms with van der Waals surface area (Å²) in [6.45, 7) is 4.62. The average Bonchev–Trinajstić information content (AvgIpc) is 2.36.